The number of benzene rings is 1. The van der Waals surface area contributed by atoms with E-state index in [9.17, 15) is 4.79 Å². The highest BCUT2D eigenvalue weighted by Crippen LogP contribution is 2.30. The minimum absolute atomic E-state index is 0.291. The first kappa shape index (κ1) is 19.6. The van der Waals surface area contributed by atoms with E-state index >= 15 is 0 Å². The number of aryl methyl sites for hydroxylation is 2. The molecule has 0 aliphatic heterocycles. The van der Waals surface area contributed by atoms with E-state index in [1.54, 1.807) is 0 Å². The number of esters is 1. The van der Waals surface area contributed by atoms with Crippen LogP contribution in [0.2, 0.25) is 0 Å². The number of carbonyl (C=O) groups excluding carboxylic acids is 1. The van der Waals surface area contributed by atoms with Crippen molar-refractivity contribution in [2.45, 2.75) is 32.7 Å². The molecule has 0 saturated heterocycles. The van der Waals surface area contributed by atoms with Crippen molar-refractivity contribution in [3.63, 3.8) is 0 Å². The third-order valence-corrected chi connectivity index (χ3v) is 6.47. The SMILES string of the molecule is COC(=O)c1sc2ncc(CNCCCCc3c[nH]c4ccccc34)cc2c1C. The molecule has 4 aromatic rings. The molecule has 0 unspecified atom stereocenters. The number of pyridine rings is 1. The zero-order valence-electron chi connectivity index (χ0n) is 16.7. The Morgan fingerprint density at radius 1 is 1.24 bits per heavy atom. The summed E-state index contributed by atoms with van der Waals surface area (Å²) in [7, 11) is 1.41. The topological polar surface area (TPSA) is 67.0 Å². The highest BCUT2D eigenvalue weighted by atomic mass is 32.1. The number of H-pyrrole nitrogens is 1. The Kier molecular flexibility index (Phi) is 5.92. The van der Waals surface area contributed by atoms with Gasteiger partial charge in [-0.15, -0.1) is 11.3 Å². The molecule has 3 heterocycles. The van der Waals surface area contributed by atoms with Crippen LogP contribution in [-0.2, 0) is 17.7 Å². The van der Waals surface area contributed by atoms with Crippen molar-refractivity contribution in [1.29, 1.82) is 0 Å². The van der Waals surface area contributed by atoms with E-state index in [4.69, 9.17) is 4.74 Å². The fourth-order valence-corrected chi connectivity index (χ4v) is 4.71. The number of nitrogens with zero attached hydrogens (tertiary/aromatic N) is 1. The molecule has 0 bridgehead atoms. The number of thiophene rings is 1. The van der Waals surface area contributed by atoms with Gasteiger partial charge in [-0.25, -0.2) is 9.78 Å². The molecular formula is C23H25N3O2S. The largest absolute Gasteiger partial charge is 0.465 e. The average molecular weight is 408 g/mol. The van der Waals surface area contributed by atoms with E-state index in [1.165, 1.54) is 34.9 Å². The lowest BCUT2D eigenvalue weighted by Crippen LogP contribution is -2.15. The Morgan fingerprint density at radius 2 is 2.10 bits per heavy atom. The van der Waals surface area contributed by atoms with Crippen molar-refractivity contribution < 1.29 is 9.53 Å². The molecule has 0 saturated carbocycles. The van der Waals surface area contributed by atoms with Gasteiger partial charge in [-0.1, -0.05) is 18.2 Å². The van der Waals surface area contributed by atoms with E-state index in [2.05, 4.69) is 51.8 Å². The lowest BCUT2D eigenvalue weighted by molar-refractivity contribution is 0.0605. The maximum Gasteiger partial charge on any atom is 0.348 e. The third kappa shape index (κ3) is 4.18. The third-order valence-electron chi connectivity index (χ3n) is 5.28. The van der Waals surface area contributed by atoms with E-state index < -0.39 is 0 Å². The molecule has 0 aliphatic carbocycles. The summed E-state index contributed by atoms with van der Waals surface area (Å²) >= 11 is 1.39. The van der Waals surface area contributed by atoms with Gasteiger partial charge in [0.05, 0.1) is 7.11 Å². The average Bonchev–Trinajstić information content (AvgIpc) is 3.31. The monoisotopic (exact) mass is 407 g/mol. The fourth-order valence-electron chi connectivity index (χ4n) is 3.66. The van der Waals surface area contributed by atoms with Gasteiger partial charge in [0.15, 0.2) is 0 Å². The molecule has 0 atom stereocenters. The predicted octanol–water partition coefficient (Wildman–Crippen LogP) is 4.99. The second-order valence-corrected chi connectivity index (χ2v) is 8.24. The van der Waals surface area contributed by atoms with Crippen molar-refractivity contribution >= 4 is 38.4 Å². The zero-order valence-corrected chi connectivity index (χ0v) is 17.6. The van der Waals surface area contributed by atoms with Crippen molar-refractivity contribution in [2.24, 2.45) is 0 Å². The number of rotatable bonds is 8. The van der Waals surface area contributed by atoms with E-state index in [0.717, 1.165) is 53.7 Å². The van der Waals surface area contributed by atoms with Gasteiger partial charge in [0.25, 0.3) is 0 Å². The Morgan fingerprint density at radius 3 is 2.97 bits per heavy atom. The van der Waals surface area contributed by atoms with Gasteiger partial charge in [-0.3, -0.25) is 0 Å². The Balaban J connectivity index is 1.27. The molecule has 1 aromatic carbocycles. The fraction of sp³-hybridized carbons (Fsp3) is 0.304. The number of ether oxygens (including phenoxy) is 1. The van der Waals surface area contributed by atoms with E-state index in [-0.39, 0.29) is 5.97 Å². The van der Waals surface area contributed by atoms with Gasteiger partial charge in [0.2, 0.25) is 0 Å². The maximum atomic E-state index is 11.9. The van der Waals surface area contributed by atoms with Crippen LogP contribution in [0.3, 0.4) is 0 Å². The first-order valence-electron chi connectivity index (χ1n) is 9.89. The van der Waals surface area contributed by atoms with Crippen LogP contribution in [0.5, 0.6) is 0 Å². The Labute approximate surface area is 174 Å². The molecule has 2 N–H and O–H groups in total. The van der Waals surface area contributed by atoms with Crippen molar-refractivity contribution in [3.05, 3.63) is 64.3 Å². The van der Waals surface area contributed by atoms with Crippen LogP contribution in [0.4, 0.5) is 0 Å². The van der Waals surface area contributed by atoms with Crippen LogP contribution in [0.25, 0.3) is 21.1 Å². The summed E-state index contributed by atoms with van der Waals surface area (Å²) < 4.78 is 4.86. The summed E-state index contributed by atoms with van der Waals surface area (Å²) in [6.45, 7) is 3.70. The van der Waals surface area contributed by atoms with Crippen molar-refractivity contribution in [1.82, 2.24) is 15.3 Å². The predicted molar refractivity (Wildman–Crippen MR) is 119 cm³/mol. The number of nitrogens with one attached hydrogen (secondary N) is 2. The van der Waals surface area contributed by atoms with Crippen LogP contribution >= 0.6 is 11.3 Å². The number of aromatic amines is 1. The lowest BCUT2D eigenvalue weighted by atomic mass is 10.1. The van der Waals surface area contributed by atoms with Gasteiger partial charge in [-0.2, -0.15) is 0 Å². The highest BCUT2D eigenvalue weighted by molar-refractivity contribution is 7.20. The normalized spacial score (nSPS) is 11.4. The van der Waals surface area contributed by atoms with Crippen LogP contribution in [0.15, 0.2) is 42.7 Å². The smallest absolute Gasteiger partial charge is 0.348 e. The maximum absolute atomic E-state index is 11.9. The Hall–Kier alpha value is -2.70. The zero-order chi connectivity index (χ0) is 20.2. The van der Waals surface area contributed by atoms with Gasteiger partial charge in [-0.05, 0) is 61.6 Å². The Bertz CT molecular complexity index is 1150. The van der Waals surface area contributed by atoms with Gasteiger partial charge in [0.1, 0.15) is 9.71 Å². The number of hydrogen-bond acceptors (Lipinski definition) is 5. The van der Waals surface area contributed by atoms with Crippen LogP contribution in [0.1, 0.15) is 39.2 Å². The summed E-state index contributed by atoms with van der Waals surface area (Å²) in [6.07, 6.45) is 7.38. The van der Waals surface area contributed by atoms with E-state index in [1.807, 2.05) is 13.1 Å². The summed E-state index contributed by atoms with van der Waals surface area (Å²) in [6, 6.07) is 10.6. The number of hydrogen-bond donors (Lipinski definition) is 2. The number of aromatic nitrogens is 2. The summed E-state index contributed by atoms with van der Waals surface area (Å²) in [5, 5.41) is 5.87. The molecule has 0 radical (unpaired) electrons. The molecule has 0 aliphatic rings. The lowest BCUT2D eigenvalue weighted by Gasteiger charge is -2.05. The highest BCUT2D eigenvalue weighted by Gasteiger charge is 2.16. The molecule has 0 fully saturated rings. The number of unbranched alkanes of at least 4 members (excludes halogenated alkanes) is 1. The van der Waals surface area contributed by atoms with Crippen LogP contribution in [-0.4, -0.2) is 29.6 Å². The van der Waals surface area contributed by atoms with Gasteiger partial charge < -0.3 is 15.0 Å². The molecule has 5 nitrogen and oxygen atoms in total. The standard InChI is InChI=1S/C23H25N3O2S/c1-15-19-11-16(13-26-22(19)29-21(15)23(27)28-2)12-24-10-6-5-7-17-14-25-20-9-4-3-8-18(17)20/h3-4,8-9,11,13-14,24-25H,5-7,10,12H2,1-2H3. The molecule has 150 valence electrons. The molecule has 0 amide bonds. The minimum atomic E-state index is -0.291. The van der Waals surface area contributed by atoms with Gasteiger partial charge >= 0.3 is 5.97 Å². The summed E-state index contributed by atoms with van der Waals surface area (Å²) in [5.74, 6) is -0.291. The number of methoxy groups -OCH3 is 1. The quantitative estimate of drug-likeness (QED) is 0.319. The molecular weight excluding hydrogens is 382 g/mol. The number of fused-ring (bicyclic) bond motifs is 2. The summed E-state index contributed by atoms with van der Waals surface area (Å²) in [5.41, 5.74) is 4.68. The second-order valence-electron chi connectivity index (χ2n) is 7.24. The minimum Gasteiger partial charge on any atom is -0.465 e. The number of carbonyl (C=O) groups is 1. The van der Waals surface area contributed by atoms with Crippen LogP contribution < -0.4 is 5.32 Å². The van der Waals surface area contributed by atoms with Crippen LogP contribution in [0, 0.1) is 6.92 Å². The van der Waals surface area contributed by atoms with Crippen molar-refractivity contribution in [2.75, 3.05) is 13.7 Å². The summed E-state index contributed by atoms with van der Waals surface area (Å²) in [4.78, 5) is 21.2. The first-order valence-corrected chi connectivity index (χ1v) is 10.7. The second kappa shape index (κ2) is 8.76. The molecule has 6 heteroatoms. The molecule has 4 rings (SSSR count). The van der Waals surface area contributed by atoms with Gasteiger partial charge in [0, 0.05) is 35.2 Å². The first-order chi connectivity index (χ1) is 14.2. The van der Waals surface area contributed by atoms with E-state index in [0.29, 0.717) is 4.88 Å². The number of para-hydroxylation sites is 1. The van der Waals surface area contributed by atoms with Crippen molar-refractivity contribution in [3.8, 4) is 0 Å². The molecule has 29 heavy (non-hydrogen) atoms. The molecule has 3 aromatic heterocycles. The molecule has 0 spiro atoms.